The van der Waals surface area contributed by atoms with Crippen molar-refractivity contribution in [1.82, 2.24) is 9.97 Å². The highest BCUT2D eigenvalue weighted by Crippen LogP contribution is 2.42. The van der Waals surface area contributed by atoms with E-state index in [-0.39, 0.29) is 11.8 Å². The van der Waals surface area contributed by atoms with Crippen LogP contribution in [0.2, 0.25) is 0 Å². The molecule has 6 heteroatoms. The molecule has 0 unspecified atom stereocenters. The van der Waals surface area contributed by atoms with Crippen molar-refractivity contribution in [2.75, 3.05) is 5.73 Å². The smallest absolute Gasteiger partial charge is 0.347 e. The summed E-state index contributed by atoms with van der Waals surface area (Å²) >= 11 is 0. The first-order valence-electron chi connectivity index (χ1n) is 5.77. The van der Waals surface area contributed by atoms with Crippen LogP contribution in [0.15, 0.2) is 11.4 Å². The molecular formula is C11H13FN4O. The van der Waals surface area contributed by atoms with Gasteiger partial charge in [-0.1, -0.05) is 5.16 Å². The van der Waals surface area contributed by atoms with Crippen LogP contribution in [0.3, 0.4) is 0 Å². The van der Waals surface area contributed by atoms with Crippen molar-refractivity contribution in [1.29, 1.82) is 0 Å². The fourth-order valence-electron chi connectivity index (χ4n) is 1.74. The molecule has 0 spiro atoms. The molecule has 2 aliphatic carbocycles. The topological polar surface area (TPSA) is 73.4 Å². The molecule has 17 heavy (non-hydrogen) atoms. The fourth-order valence-corrected chi connectivity index (χ4v) is 1.74. The highest BCUT2D eigenvalue weighted by atomic mass is 19.1. The van der Waals surface area contributed by atoms with E-state index in [1.807, 2.05) is 0 Å². The van der Waals surface area contributed by atoms with Gasteiger partial charge in [-0.2, -0.15) is 9.97 Å². The largest absolute Gasteiger partial charge is 0.381 e. The summed E-state index contributed by atoms with van der Waals surface area (Å²) < 4.78 is 12.8. The molecule has 2 fully saturated rings. The van der Waals surface area contributed by atoms with Crippen LogP contribution in [0.5, 0.6) is 6.01 Å². The van der Waals surface area contributed by atoms with Crippen LogP contribution in [0.4, 0.5) is 10.2 Å². The zero-order chi connectivity index (χ0) is 11.8. The zero-order valence-electron chi connectivity index (χ0n) is 9.27. The summed E-state index contributed by atoms with van der Waals surface area (Å²) in [6.07, 6.45) is 5.73. The number of nitrogen functional groups attached to an aromatic ring is 1. The molecule has 90 valence electrons. The van der Waals surface area contributed by atoms with Crippen molar-refractivity contribution < 1.29 is 9.23 Å². The van der Waals surface area contributed by atoms with Crippen molar-refractivity contribution in [2.24, 2.45) is 17.0 Å². The van der Waals surface area contributed by atoms with E-state index in [9.17, 15) is 4.39 Å². The van der Waals surface area contributed by atoms with Gasteiger partial charge >= 0.3 is 6.01 Å². The summed E-state index contributed by atoms with van der Waals surface area (Å²) in [5.74, 6) is 0.274. The lowest BCUT2D eigenvalue weighted by Gasteiger charge is -2.02. The van der Waals surface area contributed by atoms with Gasteiger partial charge < -0.3 is 10.6 Å². The van der Waals surface area contributed by atoms with Crippen LogP contribution in [0.25, 0.3) is 0 Å². The van der Waals surface area contributed by atoms with E-state index in [1.165, 1.54) is 25.7 Å². The lowest BCUT2D eigenvalue weighted by Crippen LogP contribution is -2.07. The number of aromatic nitrogens is 2. The van der Waals surface area contributed by atoms with Crippen LogP contribution >= 0.6 is 0 Å². The predicted molar refractivity (Wildman–Crippen MR) is 59.9 cm³/mol. The minimum Gasteiger partial charge on any atom is -0.381 e. The Kier molecular flexibility index (Phi) is 2.42. The Balaban J connectivity index is 1.72. The third-order valence-corrected chi connectivity index (χ3v) is 2.97. The molecule has 5 nitrogen and oxygen atoms in total. The van der Waals surface area contributed by atoms with Gasteiger partial charge in [-0.3, -0.25) is 0 Å². The first kappa shape index (κ1) is 10.4. The Morgan fingerprint density at radius 1 is 1.35 bits per heavy atom. The van der Waals surface area contributed by atoms with Gasteiger partial charge in [0.2, 0.25) is 0 Å². The Bertz CT molecular complexity index is 455. The van der Waals surface area contributed by atoms with Crippen molar-refractivity contribution in [3.63, 3.8) is 0 Å². The number of hydrogen-bond acceptors (Lipinski definition) is 5. The molecule has 0 amide bonds. The summed E-state index contributed by atoms with van der Waals surface area (Å²) in [6, 6.07) is 0.00250. The van der Waals surface area contributed by atoms with E-state index in [0.29, 0.717) is 11.8 Å². The van der Waals surface area contributed by atoms with E-state index in [0.717, 1.165) is 11.9 Å². The lowest BCUT2D eigenvalue weighted by molar-refractivity contribution is 0.308. The standard InChI is InChI=1S/C11H13FN4O/c12-8-5-14-11(15-10(8)13)17-16-9(6-1-2-6)7-3-4-7/h5-7H,1-4H2,(H2,13,14,15). The van der Waals surface area contributed by atoms with Gasteiger partial charge in [0, 0.05) is 11.8 Å². The molecule has 1 heterocycles. The van der Waals surface area contributed by atoms with Crippen molar-refractivity contribution in [3.8, 4) is 6.01 Å². The number of nitrogens with zero attached hydrogens (tertiary/aromatic N) is 3. The molecular weight excluding hydrogens is 223 g/mol. The first-order chi connectivity index (χ1) is 8.24. The van der Waals surface area contributed by atoms with E-state index in [4.69, 9.17) is 10.6 Å². The molecule has 0 saturated heterocycles. The van der Waals surface area contributed by atoms with Crippen molar-refractivity contribution >= 4 is 11.5 Å². The van der Waals surface area contributed by atoms with Gasteiger partial charge in [-0.05, 0) is 25.7 Å². The van der Waals surface area contributed by atoms with Crippen LogP contribution in [0.1, 0.15) is 25.7 Å². The second-order valence-electron chi connectivity index (χ2n) is 4.54. The maximum Gasteiger partial charge on any atom is 0.347 e. The molecule has 1 aromatic heterocycles. The Labute approximate surface area is 97.9 Å². The van der Waals surface area contributed by atoms with E-state index in [1.54, 1.807) is 0 Å². The molecule has 2 saturated carbocycles. The normalized spacial score (nSPS) is 18.9. The van der Waals surface area contributed by atoms with Crippen LogP contribution in [-0.4, -0.2) is 15.7 Å². The predicted octanol–water partition coefficient (Wildman–Crippen LogP) is 1.75. The average molecular weight is 236 g/mol. The minimum atomic E-state index is -0.647. The number of oxime groups is 1. The van der Waals surface area contributed by atoms with Gasteiger partial charge in [0.1, 0.15) is 0 Å². The number of anilines is 1. The summed E-state index contributed by atoms with van der Waals surface area (Å²) in [5, 5.41) is 4.10. The van der Waals surface area contributed by atoms with Gasteiger partial charge in [0.15, 0.2) is 11.6 Å². The molecule has 3 rings (SSSR count). The summed E-state index contributed by atoms with van der Waals surface area (Å²) in [4.78, 5) is 12.5. The summed E-state index contributed by atoms with van der Waals surface area (Å²) in [7, 11) is 0. The number of halogens is 1. The zero-order valence-corrected chi connectivity index (χ0v) is 9.27. The molecule has 0 aliphatic heterocycles. The van der Waals surface area contributed by atoms with Crippen LogP contribution in [0, 0.1) is 17.7 Å². The fraction of sp³-hybridized carbons (Fsp3) is 0.545. The summed E-state index contributed by atoms with van der Waals surface area (Å²) in [5.41, 5.74) is 6.42. The molecule has 0 bridgehead atoms. The molecule has 1 aromatic rings. The van der Waals surface area contributed by atoms with Crippen molar-refractivity contribution in [3.05, 3.63) is 12.0 Å². The Hall–Kier alpha value is -1.72. The first-order valence-corrected chi connectivity index (χ1v) is 5.77. The molecule has 2 aliphatic rings. The number of hydrogen-bond donors (Lipinski definition) is 1. The van der Waals surface area contributed by atoms with E-state index >= 15 is 0 Å². The number of rotatable bonds is 4. The van der Waals surface area contributed by atoms with Crippen LogP contribution < -0.4 is 10.6 Å². The van der Waals surface area contributed by atoms with Gasteiger partial charge in [-0.25, -0.2) is 4.39 Å². The molecule has 0 atom stereocenters. The highest BCUT2D eigenvalue weighted by molar-refractivity contribution is 5.92. The van der Waals surface area contributed by atoms with Gasteiger partial charge in [0.05, 0.1) is 11.9 Å². The lowest BCUT2D eigenvalue weighted by atomic mass is 10.2. The Morgan fingerprint density at radius 3 is 2.53 bits per heavy atom. The third kappa shape index (κ3) is 2.35. The Morgan fingerprint density at radius 2 is 2.00 bits per heavy atom. The maximum atomic E-state index is 12.8. The minimum absolute atomic E-state index is 0.00250. The molecule has 2 N–H and O–H groups in total. The molecule has 0 radical (unpaired) electrons. The van der Waals surface area contributed by atoms with E-state index < -0.39 is 5.82 Å². The average Bonchev–Trinajstić information content (AvgIpc) is 3.14. The quantitative estimate of drug-likeness (QED) is 0.638. The van der Waals surface area contributed by atoms with Gasteiger partial charge in [0.25, 0.3) is 0 Å². The number of nitrogens with two attached hydrogens (primary N) is 1. The third-order valence-electron chi connectivity index (χ3n) is 2.97. The second-order valence-corrected chi connectivity index (χ2v) is 4.54. The highest BCUT2D eigenvalue weighted by Gasteiger charge is 2.38. The maximum absolute atomic E-state index is 12.8. The summed E-state index contributed by atoms with van der Waals surface area (Å²) in [6.45, 7) is 0. The van der Waals surface area contributed by atoms with Crippen LogP contribution in [-0.2, 0) is 0 Å². The SMILES string of the molecule is Nc1nc(ON=C(C2CC2)C2CC2)ncc1F. The molecule has 0 aromatic carbocycles. The monoisotopic (exact) mass is 236 g/mol. The van der Waals surface area contributed by atoms with Crippen molar-refractivity contribution in [2.45, 2.75) is 25.7 Å². The van der Waals surface area contributed by atoms with E-state index in [2.05, 4.69) is 15.1 Å². The second kappa shape index (κ2) is 3.94. The van der Waals surface area contributed by atoms with Gasteiger partial charge in [-0.15, -0.1) is 0 Å².